The summed E-state index contributed by atoms with van der Waals surface area (Å²) in [6.45, 7) is 0. The predicted octanol–water partition coefficient (Wildman–Crippen LogP) is 4.63. The highest BCUT2D eigenvalue weighted by molar-refractivity contribution is 9.10. The molecule has 0 aromatic heterocycles. The van der Waals surface area contributed by atoms with Gasteiger partial charge >= 0.3 is 0 Å². The molecule has 0 amide bonds. The van der Waals surface area contributed by atoms with Crippen LogP contribution >= 0.6 is 15.9 Å². The molecule has 0 unspecified atom stereocenters. The van der Waals surface area contributed by atoms with Crippen LogP contribution in [0.25, 0.3) is 5.57 Å². The van der Waals surface area contributed by atoms with Gasteiger partial charge in [0.15, 0.2) is 0 Å². The van der Waals surface area contributed by atoms with E-state index in [2.05, 4.69) is 70.5 Å². The molecule has 2 aromatic carbocycles. The summed E-state index contributed by atoms with van der Waals surface area (Å²) in [4.78, 5) is 0. The minimum atomic E-state index is 1.03. The number of hydrogen-bond donors (Lipinski definition) is 0. The molecule has 0 saturated heterocycles. The normalized spacial score (nSPS) is 13.4. The van der Waals surface area contributed by atoms with E-state index in [1.807, 2.05) is 0 Å². The van der Waals surface area contributed by atoms with E-state index in [4.69, 9.17) is 0 Å². The number of allylic oxidation sites excluding steroid dienone is 2. The van der Waals surface area contributed by atoms with Crippen molar-refractivity contribution < 1.29 is 0 Å². The molecule has 1 aliphatic rings. The molecule has 84 valence electrons. The minimum Gasteiger partial charge on any atom is -0.0759 e. The number of hydrogen-bond acceptors (Lipinski definition) is 0. The Morgan fingerprint density at radius 2 is 1.76 bits per heavy atom. The van der Waals surface area contributed by atoms with Crippen molar-refractivity contribution in [2.24, 2.45) is 0 Å². The van der Waals surface area contributed by atoms with Gasteiger partial charge in [-0.1, -0.05) is 64.5 Å². The highest BCUT2D eigenvalue weighted by Gasteiger charge is 2.15. The second-order valence-electron chi connectivity index (χ2n) is 4.36. The Balaban J connectivity index is 1.92. The summed E-state index contributed by atoms with van der Waals surface area (Å²) in [5.74, 6) is 0. The molecule has 0 atom stereocenters. The van der Waals surface area contributed by atoms with Gasteiger partial charge < -0.3 is 0 Å². The molecule has 0 bridgehead atoms. The van der Waals surface area contributed by atoms with Crippen molar-refractivity contribution >= 4 is 21.5 Å². The first-order valence-electron chi connectivity index (χ1n) is 5.85. The van der Waals surface area contributed by atoms with Crippen molar-refractivity contribution in [3.8, 4) is 0 Å². The molecule has 0 aliphatic heterocycles. The summed E-state index contributed by atoms with van der Waals surface area (Å²) in [5.41, 5.74) is 5.67. The average molecular weight is 285 g/mol. The molecule has 1 aliphatic carbocycles. The zero-order valence-corrected chi connectivity index (χ0v) is 11.1. The van der Waals surface area contributed by atoms with Crippen LogP contribution in [0.3, 0.4) is 0 Å². The molecule has 0 heterocycles. The number of halogens is 1. The molecule has 17 heavy (non-hydrogen) atoms. The first-order valence-corrected chi connectivity index (χ1v) is 6.64. The Bertz CT molecular complexity index is 567. The van der Waals surface area contributed by atoms with Crippen LogP contribution in [0.1, 0.15) is 16.7 Å². The molecule has 1 heteroatoms. The lowest BCUT2D eigenvalue weighted by molar-refractivity contribution is 1.28. The van der Waals surface area contributed by atoms with Crippen molar-refractivity contribution in [1.29, 1.82) is 0 Å². The molecule has 0 radical (unpaired) electrons. The van der Waals surface area contributed by atoms with Crippen LogP contribution in [0.4, 0.5) is 0 Å². The van der Waals surface area contributed by atoms with Gasteiger partial charge in [-0.25, -0.2) is 0 Å². The summed E-state index contributed by atoms with van der Waals surface area (Å²) in [5, 5.41) is 0. The maximum atomic E-state index is 3.63. The molecule has 0 N–H and O–H groups in total. The third-order valence-electron chi connectivity index (χ3n) is 3.25. The lowest BCUT2D eigenvalue weighted by Gasteiger charge is -2.07. The lowest BCUT2D eigenvalue weighted by atomic mass is 9.99. The topological polar surface area (TPSA) is 0 Å². The highest BCUT2D eigenvalue weighted by Crippen LogP contribution is 2.34. The van der Waals surface area contributed by atoms with E-state index in [-0.39, 0.29) is 0 Å². The maximum Gasteiger partial charge on any atom is 0.0216 e. The van der Waals surface area contributed by atoms with Gasteiger partial charge in [-0.05, 0) is 41.2 Å². The van der Waals surface area contributed by atoms with Crippen LogP contribution in [0.5, 0.6) is 0 Å². The van der Waals surface area contributed by atoms with E-state index < -0.39 is 0 Å². The SMILES string of the molecule is Brc1cccc2c1CC=C2Cc1ccccc1. The molecule has 0 saturated carbocycles. The fourth-order valence-electron chi connectivity index (χ4n) is 2.39. The van der Waals surface area contributed by atoms with Gasteiger partial charge in [-0.15, -0.1) is 0 Å². The van der Waals surface area contributed by atoms with Crippen molar-refractivity contribution in [2.75, 3.05) is 0 Å². The Morgan fingerprint density at radius 3 is 2.59 bits per heavy atom. The zero-order chi connectivity index (χ0) is 11.7. The van der Waals surface area contributed by atoms with E-state index in [0.717, 1.165) is 12.8 Å². The minimum absolute atomic E-state index is 1.03. The van der Waals surface area contributed by atoms with Crippen molar-refractivity contribution in [2.45, 2.75) is 12.8 Å². The van der Waals surface area contributed by atoms with Crippen LogP contribution in [-0.2, 0) is 12.8 Å². The fourth-order valence-corrected chi connectivity index (χ4v) is 2.91. The quantitative estimate of drug-likeness (QED) is 0.754. The second-order valence-corrected chi connectivity index (χ2v) is 5.22. The van der Waals surface area contributed by atoms with E-state index in [0.29, 0.717) is 0 Å². The fraction of sp³-hybridized carbons (Fsp3) is 0.125. The van der Waals surface area contributed by atoms with E-state index >= 15 is 0 Å². The van der Waals surface area contributed by atoms with Crippen LogP contribution < -0.4 is 0 Å². The van der Waals surface area contributed by atoms with Gasteiger partial charge in [-0.3, -0.25) is 0 Å². The Kier molecular flexibility index (Phi) is 2.86. The average Bonchev–Trinajstić information content (AvgIpc) is 2.76. The van der Waals surface area contributed by atoms with Gasteiger partial charge in [0.2, 0.25) is 0 Å². The first-order chi connectivity index (χ1) is 8.34. The first kappa shape index (κ1) is 10.8. The smallest absolute Gasteiger partial charge is 0.0216 e. The summed E-state index contributed by atoms with van der Waals surface area (Å²) >= 11 is 3.63. The molecule has 0 fully saturated rings. The lowest BCUT2D eigenvalue weighted by Crippen LogP contribution is -1.90. The Hall–Kier alpha value is -1.34. The summed E-state index contributed by atoms with van der Waals surface area (Å²) < 4.78 is 1.23. The van der Waals surface area contributed by atoms with Gasteiger partial charge in [0.05, 0.1) is 0 Å². The molecular weight excluding hydrogens is 272 g/mol. The Labute approximate surface area is 110 Å². The van der Waals surface area contributed by atoms with Crippen LogP contribution in [0.15, 0.2) is 59.1 Å². The van der Waals surface area contributed by atoms with E-state index in [1.54, 1.807) is 0 Å². The highest BCUT2D eigenvalue weighted by atomic mass is 79.9. The summed E-state index contributed by atoms with van der Waals surface area (Å²) in [6, 6.07) is 17.1. The summed E-state index contributed by atoms with van der Waals surface area (Å²) in [6.07, 6.45) is 4.44. The van der Waals surface area contributed by atoms with E-state index in [1.165, 1.54) is 26.7 Å². The maximum absolute atomic E-state index is 3.63. The number of benzene rings is 2. The molecular formula is C16H13Br. The van der Waals surface area contributed by atoms with Gasteiger partial charge in [0.25, 0.3) is 0 Å². The van der Waals surface area contributed by atoms with Crippen LogP contribution in [0.2, 0.25) is 0 Å². The number of fused-ring (bicyclic) bond motifs is 1. The van der Waals surface area contributed by atoms with Gasteiger partial charge in [-0.2, -0.15) is 0 Å². The van der Waals surface area contributed by atoms with Crippen LogP contribution in [-0.4, -0.2) is 0 Å². The van der Waals surface area contributed by atoms with Crippen molar-refractivity contribution in [3.05, 3.63) is 75.8 Å². The third-order valence-corrected chi connectivity index (χ3v) is 4.00. The number of rotatable bonds is 2. The van der Waals surface area contributed by atoms with Crippen molar-refractivity contribution in [1.82, 2.24) is 0 Å². The molecule has 0 nitrogen and oxygen atoms in total. The standard InChI is InChI=1S/C16H13Br/c17-16-8-4-7-14-13(9-10-15(14)16)11-12-5-2-1-3-6-12/h1-9H,10-11H2. The van der Waals surface area contributed by atoms with E-state index in [9.17, 15) is 0 Å². The second kappa shape index (κ2) is 4.50. The van der Waals surface area contributed by atoms with Crippen LogP contribution in [0, 0.1) is 0 Å². The summed E-state index contributed by atoms with van der Waals surface area (Å²) in [7, 11) is 0. The largest absolute Gasteiger partial charge is 0.0759 e. The molecule has 2 aromatic rings. The predicted molar refractivity (Wildman–Crippen MR) is 76.0 cm³/mol. The molecule has 0 spiro atoms. The zero-order valence-electron chi connectivity index (χ0n) is 9.49. The van der Waals surface area contributed by atoms with Gasteiger partial charge in [0.1, 0.15) is 0 Å². The van der Waals surface area contributed by atoms with Gasteiger partial charge in [0, 0.05) is 4.47 Å². The Morgan fingerprint density at radius 1 is 0.941 bits per heavy atom. The monoisotopic (exact) mass is 284 g/mol. The van der Waals surface area contributed by atoms with Crippen molar-refractivity contribution in [3.63, 3.8) is 0 Å². The molecule has 3 rings (SSSR count). The third kappa shape index (κ3) is 2.07.